The van der Waals surface area contributed by atoms with Crippen LogP contribution in [-0.4, -0.2) is 145 Å². The van der Waals surface area contributed by atoms with Crippen LogP contribution in [-0.2, 0) is 54.7 Å². The SMILES string of the molecule is C=Cc1c(C)c2cc3nc(cc4[nH]c(cc5nc(cc1[nH]2)C(C)=C5CCC(=O)NCCOCCOCCO)c(CCC(=O)NCCOCCOCCO)c4C)C1(C)C3=CC=C(C(=O)OC)C1C(=O)O. The van der Waals surface area contributed by atoms with Gasteiger partial charge in [0.1, 0.15) is 5.92 Å². The monoisotopic (exact) mass is 952 g/mol. The fourth-order valence-corrected chi connectivity index (χ4v) is 8.97. The maximum absolute atomic E-state index is 13.3. The van der Waals surface area contributed by atoms with Crippen molar-refractivity contribution in [3.63, 3.8) is 0 Å². The molecule has 0 aromatic carbocycles. The van der Waals surface area contributed by atoms with Gasteiger partial charge in [-0.25, -0.2) is 9.78 Å². The molecule has 0 saturated heterocycles. The lowest BCUT2D eigenvalue weighted by molar-refractivity contribution is -0.146. The van der Waals surface area contributed by atoms with Crippen LogP contribution in [0.5, 0.6) is 0 Å². The van der Waals surface area contributed by atoms with E-state index in [4.69, 9.17) is 43.9 Å². The van der Waals surface area contributed by atoms with E-state index in [1.54, 1.807) is 19.1 Å². The zero-order chi connectivity index (χ0) is 49.7. The number of aliphatic hydroxyl groups is 2. The van der Waals surface area contributed by atoms with Gasteiger partial charge >= 0.3 is 11.9 Å². The minimum atomic E-state index is -1.36. The van der Waals surface area contributed by atoms with Gasteiger partial charge in [-0.15, -0.1) is 0 Å². The number of hydrogen-bond donors (Lipinski definition) is 7. The molecule has 8 bridgehead atoms. The number of carbonyl (C=O) groups is 4. The van der Waals surface area contributed by atoms with E-state index in [1.165, 1.54) is 13.2 Å². The molecular formula is C51H64N6O12. The van der Waals surface area contributed by atoms with Crippen molar-refractivity contribution in [3.8, 4) is 0 Å². The number of methoxy groups -OCH3 is 1. The van der Waals surface area contributed by atoms with E-state index in [0.29, 0.717) is 97.3 Å². The number of fused-ring (bicyclic) bond motifs is 11. The molecule has 370 valence electrons. The van der Waals surface area contributed by atoms with E-state index >= 15 is 0 Å². The van der Waals surface area contributed by atoms with Crippen LogP contribution in [0.1, 0.15) is 78.1 Å². The predicted octanol–water partition coefficient (Wildman–Crippen LogP) is 4.66. The molecule has 7 N–H and O–H groups in total. The van der Waals surface area contributed by atoms with Crippen molar-refractivity contribution in [1.82, 2.24) is 30.6 Å². The molecule has 0 radical (unpaired) electrons. The molecule has 0 saturated carbocycles. The first-order valence-electron chi connectivity index (χ1n) is 23.1. The summed E-state index contributed by atoms with van der Waals surface area (Å²) in [6, 6.07) is 7.57. The van der Waals surface area contributed by atoms with Gasteiger partial charge in [0.05, 0.1) is 107 Å². The van der Waals surface area contributed by atoms with Crippen LogP contribution >= 0.6 is 0 Å². The minimum absolute atomic E-state index is 0.0149. The smallest absolute Gasteiger partial charge is 0.334 e. The largest absolute Gasteiger partial charge is 0.481 e. The number of ether oxygens (including phenoxy) is 5. The van der Waals surface area contributed by atoms with Gasteiger partial charge in [0, 0.05) is 53.6 Å². The Labute approximate surface area is 400 Å². The number of rotatable bonds is 25. The average Bonchev–Trinajstić information content (AvgIpc) is 3.99. The number of aromatic nitrogens is 4. The lowest BCUT2D eigenvalue weighted by atomic mass is 9.64. The van der Waals surface area contributed by atoms with Crippen molar-refractivity contribution < 1.29 is 58.2 Å². The van der Waals surface area contributed by atoms with E-state index < -0.39 is 23.3 Å². The summed E-state index contributed by atoms with van der Waals surface area (Å²) in [7, 11) is 1.22. The Kier molecular flexibility index (Phi) is 18.4. The maximum Gasteiger partial charge on any atom is 0.334 e. The van der Waals surface area contributed by atoms with E-state index in [2.05, 4.69) is 27.2 Å². The van der Waals surface area contributed by atoms with Gasteiger partial charge in [-0.3, -0.25) is 19.4 Å². The van der Waals surface area contributed by atoms with Crippen molar-refractivity contribution in [1.29, 1.82) is 0 Å². The van der Waals surface area contributed by atoms with Gasteiger partial charge in [0.2, 0.25) is 11.8 Å². The number of nitrogens with zero attached hydrogens (tertiary/aromatic N) is 2. The zero-order valence-corrected chi connectivity index (χ0v) is 40.0. The number of allylic oxidation sites excluding steroid dienone is 5. The number of aliphatic hydroxyl groups excluding tert-OH is 2. The Morgan fingerprint density at radius 3 is 1.88 bits per heavy atom. The second-order valence-corrected chi connectivity index (χ2v) is 17.0. The zero-order valence-electron chi connectivity index (χ0n) is 40.0. The number of carboxylic acids is 1. The summed E-state index contributed by atoms with van der Waals surface area (Å²) in [5.74, 6) is -3.69. The van der Waals surface area contributed by atoms with Gasteiger partial charge in [-0.1, -0.05) is 24.8 Å². The molecule has 2 unspecified atom stereocenters. The first-order valence-corrected chi connectivity index (χ1v) is 23.1. The summed E-state index contributed by atoms with van der Waals surface area (Å²) < 4.78 is 26.6. The lowest BCUT2D eigenvalue weighted by Gasteiger charge is -2.35. The van der Waals surface area contributed by atoms with Crippen molar-refractivity contribution in [3.05, 3.63) is 93.6 Å². The molecule has 1 aliphatic carbocycles. The molecule has 18 nitrogen and oxygen atoms in total. The molecule has 3 aromatic rings. The Bertz CT molecular complexity index is 2680. The highest BCUT2D eigenvalue weighted by molar-refractivity contribution is 6.01. The number of nitrogens with one attached hydrogen (secondary N) is 4. The van der Waals surface area contributed by atoms with Crippen LogP contribution in [0.3, 0.4) is 0 Å². The molecule has 0 spiro atoms. The summed E-state index contributed by atoms with van der Waals surface area (Å²) in [5.41, 5.74) is 9.24. The van der Waals surface area contributed by atoms with Crippen LogP contribution < -0.4 is 10.6 Å². The maximum atomic E-state index is 13.3. The Morgan fingerprint density at radius 1 is 0.725 bits per heavy atom. The number of aryl methyl sites for hydroxylation is 3. The molecule has 18 heteroatoms. The Hall–Kier alpha value is -6.28. The number of aliphatic carboxylic acids is 1. The van der Waals surface area contributed by atoms with E-state index in [1.807, 2.05) is 45.0 Å². The summed E-state index contributed by atoms with van der Waals surface area (Å²) >= 11 is 0. The van der Waals surface area contributed by atoms with Crippen molar-refractivity contribution in [2.75, 3.05) is 86.3 Å². The number of hydrogen-bond acceptors (Lipinski definition) is 13. The van der Waals surface area contributed by atoms with Crippen LogP contribution in [0, 0.1) is 19.8 Å². The molecule has 3 aromatic heterocycles. The molecule has 3 aliphatic rings. The van der Waals surface area contributed by atoms with Gasteiger partial charge in [0.15, 0.2) is 0 Å². The number of amides is 2. The third-order valence-corrected chi connectivity index (χ3v) is 12.7. The van der Waals surface area contributed by atoms with Crippen molar-refractivity contribution in [2.24, 2.45) is 5.92 Å². The first-order chi connectivity index (χ1) is 33.3. The fourth-order valence-electron chi connectivity index (χ4n) is 8.97. The van der Waals surface area contributed by atoms with Crippen LogP contribution in [0.2, 0.25) is 0 Å². The lowest BCUT2D eigenvalue weighted by Crippen LogP contribution is -2.41. The Morgan fingerprint density at radius 2 is 1.29 bits per heavy atom. The van der Waals surface area contributed by atoms with Crippen molar-refractivity contribution >= 4 is 68.6 Å². The number of aromatic amines is 2. The third kappa shape index (κ3) is 12.1. The number of carbonyl (C=O) groups excluding carboxylic acids is 3. The second kappa shape index (κ2) is 24.3. The fraction of sp³-hybridized carbons (Fsp3) is 0.451. The molecule has 69 heavy (non-hydrogen) atoms. The molecular weight excluding hydrogens is 889 g/mol. The molecule has 2 atom stereocenters. The third-order valence-electron chi connectivity index (χ3n) is 12.7. The van der Waals surface area contributed by atoms with E-state index in [0.717, 1.165) is 38.9 Å². The predicted molar refractivity (Wildman–Crippen MR) is 261 cm³/mol. The molecule has 2 amide bonds. The second-order valence-electron chi connectivity index (χ2n) is 17.0. The van der Waals surface area contributed by atoms with Crippen LogP contribution in [0.15, 0.2) is 48.6 Å². The average molecular weight is 953 g/mol. The highest BCUT2D eigenvalue weighted by Crippen LogP contribution is 2.52. The van der Waals surface area contributed by atoms with Gasteiger partial charge in [0.25, 0.3) is 0 Å². The highest BCUT2D eigenvalue weighted by atomic mass is 16.5. The number of H-pyrrole nitrogens is 2. The van der Waals surface area contributed by atoms with E-state index in [-0.39, 0.29) is 69.8 Å². The molecule has 5 heterocycles. The summed E-state index contributed by atoms with van der Waals surface area (Å²) in [4.78, 5) is 70.4. The standard InChI is InChI=1S/C51H64N6O12/c1-7-33-30(2)39-27-44-37-11-8-36(50(64)65-6)48(49(62)63)51(37,5)45(57-44)29-40-32(4)35(10-13-47(61)53-15-19-67-23-25-69-21-17-59)43(56-40)28-42-34(31(3)38(55-42)26-41(33)54-39)9-12-46(60)52-14-18-66-22-24-68-20-16-58/h7-8,11,26-29,48,54,56,58-59H,1,9-10,12-25H2,2-6H3,(H,52,60)(H,53,61)(H,62,63). The number of carboxylic acid groups (broad SMARTS) is 1. The summed E-state index contributed by atoms with van der Waals surface area (Å²) in [6.45, 7) is 14.6. The summed E-state index contributed by atoms with van der Waals surface area (Å²) in [5, 5.41) is 34.5. The van der Waals surface area contributed by atoms with Gasteiger partial charge in [-0.2, -0.15) is 0 Å². The van der Waals surface area contributed by atoms with Gasteiger partial charge in [-0.05, 0) is 98.2 Å². The normalized spacial score (nSPS) is 16.4. The minimum Gasteiger partial charge on any atom is -0.481 e. The van der Waals surface area contributed by atoms with Crippen LogP contribution in [0.25, 0.3) is 44.9 Å². The molecule has 0 fully saturated rings. The highest BCUT2D eigenvalue weighted by Gasteiger charge is 2.53. The summed E-state index contributed by atoms with van der Waals surface area (Å²) in [6.07, 6.45) is 5.97. The topological polar surface area (TPSA) is 257 Å². The molecule has 6 rings (SSSR count). The Balaban J connectivity index is 1.46. The molecule has 2 aliphatic heterocycles. The quantitative estimate of drug-likeness (QED) is 0.0451. The van der Waals surface area contributed by atoms with Crippen LogP contribution in [0.4, 0.5) is 0 Å². The first kappa shape index (κ1) is 52.1. The van der Waals surface area contributed by atoms with Crippen molar-refractivity contribution in [2.45, 2.75) is 58.8 Å². The van der Waals surface area contributed by atoms with Gasteiger partial charge < -0.3 is 59.6 Å². The van der Waals surface area contributed by atoms with E-state index in [9.17, 15) is 24.3 Å². The number of esters is 1.